The Kier molecular flexibility index (Phi) is 3.99. The van der Waals surface area contributed by atoms with E-state index in [4.69, 9.17) is 0 Å². The Morgan fingerprint density at radius 2 is 2.18 bits per heavy atom. The molecule has 2 amide bonds. The molecule has 0 aliphatic carbocycles. The number of pyridine rings is 1. The number of urea groups is 1. The van der Waals surface area contributed by atoms with E-state index in [2.05, 4.69) is 33.2 Å². The molecule has 2 rings (SSSR count). The molecule has 1 saturated heterocycles. The first kappa shape index (κ1) is 12.4. The van der Waals surface area contributed by atoms with Crippen molar-refractivity contribution in [1.82, 2.24) is 9.88 Å². The van der Waals surface area contributed by atoms with E-state index in [9.17, 15) is 4.79 Å². The van der Waals surface area contributed by atoms with Gasteiger partial charge in [-0.15, -0.1) is 0 Å². The summed E-state index contributed by atoms with van der Waals surface area (Å²) in [5, 5.41) is 2.81. The Morgan fingerprint density at radius 1 is 1.47 bits per heavy atom. The van der Waals surface area contributed by atoms with Gasteiger partial charge in [-0.3, -0.25) is 5.32 Å². The highest BCUT2D eigenvalue weighted by Crippen LogP contribution is 2.17. The molecule has 0 bridgehead atoms. The van der Waals surface area contributed by atoms with Gasteiger partial charge in [0.25, 0.3) is 0 Å². The highest BCUT2D eigenvalue weighted by atomic mass is 79.9. The molecule has 2 heterocycles. The van der Waals surface area contributed by atoms with Gasteiger partial charge in [0.2, 0.25) is 0 Å². The van der Waals surface area contributed by atoms with E-state index < -0.39 is 0 Å². The smallest absolute Gasteiger partial charge is 0.323 e. The van der Waals surface area contributed by atoms with Crippen molar-refractivity contribution >= 4 is 27.8 Å². The summed E-state index contributed by atoms with van der Waals surface area (Å²) in [6, 6.07) is 3.60. The minimum absolute atomic E-state index is 0.0493. The van der Waals surface area contributed by atoms with Gasteiger partial charge in [0.1, 0.15) is 5.82 Å². The molecule has 92 valence electrons. The SMILES string of the molecule is CC1CCN(C(=O)Nc2ccc(Br)cn2)CC1. The highest BCUT2D eigenvalue weighted by Gasteiger charge is 2.20. The highest BCUT2D eigenvalue weighted by molar-refractivity contribution is 9.10. The zero-order valence-electron chi connectivity index (χ0n) is 9.82. The number of hydrogen-bond acceptors (Lipinski definition) is 2. The van der Waals surface area contributed by atoms with Crippen molar-refractivity contribution in [3.63, 3.8) is 0 Å². The van der Waals surface area contributed by atoms with E-state index in [-0.39, 0.29) is 6.03 Å². The fraction of sp³-hybridized carbons (Fsp3) is 0.500. The Morgan fingerprint density at radius 3 is 2.76 bits per heavy atom. The van der Waals surface area contributed by atoms with Gasteiger partial charge in [-0.2, -0.15) is 0 Å². The van der Waals surface area contributed by atoms with Gasteiger partial charge < -0.3 is 4.90 Å². The van der Waals surface area contributed by atoms with Crippen molar-refractivity contribution in [1.29, 1.82) is 0 Å². The van der Waals surface area contributed by atoms with Crippen molar-refractivity contribution < 1.29 is 4.79 Å². The van der Waals surface area contributed by atoms with Gasteiger partial charge in [0, 0.05) is 23.8 Å². The van der Waals surface area contributed by atoms with Crippen LogP contribution in [0.1, 0.15) is 19.8 Å². The van der Waals surface area contributed by atoms with Crippen molar-refractivity contribution in [3.05, 3.63) is 22.8 Å². The number of nitrogens with one attached hydrogen (secondary N) is 1. The van der Waals surface area contributed by atoms with E-state index >= 15 is 0 Å². The van der Waals surface area contributed by atoms with Crippen LogP contribution in [0.25, 0.3) is 0 Å². The van der Waals surface area contributed by atoms with Gasteiger partial charge in [0.05, 0.1) is 0 Å². The van der Waals surface area contributed by atoms with E-state index in [0.717, 1.165) is 36.3 Å². The molecular formula is C12H16BrN3O. The number of amides is 2. The van der Waals surface area contributed by atoms with Gasteiger partial charge in [-0.05, 0) is 46.8 Å². The number of anilines is 1. The number of nitrogens with zero attached hydrogens (tertiary/aromatic N) is 2. The zero-order valence-corrected chi connectivity index (χ0v) is 11.4. The third-order valence-electron chi connectivity index (χ3n) is 3.03. The second-order valence-electron chi connectivity index (χ2n) is 4.46. The van der Waals surface area contributed by atoms with Crippen molar-refractivity contribution in [3.8, 4) is 0 Å². The largest absolute Gasteiger partial charge is 0.324 e. The first-order valence-corrected chi connectivity index (χ1v) is 6.62. The first-order valence-electron chi connectivity index (χ1n) is 5.82. The number of likely N-dealkylation sites (tertiary alicyclic amines) is 1. The van der Waals surface area contributed by atoms with E-state index in [1.54, 1.807) is 12.3 Å². The number of rotatable bonds is 1. The average molecular weight is 298 g/mol. The van der Waals surface area contributed by atoms with Crippen molar-refractivity contribution in [2.75, 3.05) is 18.4 Å². The van der Waals surface area contributed by atoms with Crippen LogP contribution in [0, 0.1) is 5.92 Å². The van der Waals surface area contributed by atoms with E-state index in [1.807, 2.05) is 11.0 Å². The maximum absolute atomic E-state index is 11.9. The number of halogens is 1. The molecular weight excluding hydrogens is 282 g/mol. The van der Waals surface area contributed by atoms with Crippen LogP contribution in [-0.4, -0.2) is 29.0 Å². The molecule has 17 heavy (non-hydrogen) atoms. The molecule has 1 aliphatic heterocycles. The number of carbonyl (C=O) groups is 1. The zero-order chi connectivity index (χ0) is 12.3. The molecule has 5 heteroatoms. The fourth-order valence-corrected chi connectivity index (χ4v) is 2.08. The summed E-state index contributed by atoms with van der Waals surface area (Å²) in [5.41, 5.74) is 0. The Bertz CT molecular complexity index is 385. The number of carbonyl (C=O) groups excluding carboxylic acids is 1. The topological polar surface area (TPSA) is 45.2 Å². The van der Waals surface area contributed by atoms with Crippen molar-refractivity contribution in [2.45, 2.75) is 19.8 Å². The van der Waals surface area contributed by atoms with Gasteiger partial charge in [-0.1, -0.05) is 6.92 Å². The van der Waals surface area contributed by atoms with Gasteiger partial charge in [-0.25, -0.2) is 9.78 Å². The summed E-state index contributed by atoms with van der Waals surface area (Å²) in [6.45, 7) is 3.90. The molecule has 0 atom stereocenters. The summed E-state index contributed by atoms with van der Waals surface area (Å²) >= 11 is 3.31. The number of hydrogen-bond donors (Lipinski definition) is 1. The third kappa shape index (κ3) is 3.43. The molecule has 1 N–H and O–H groups in total. The van der Waals surface area contributed by atoms with Crippen LogP contribution in [0.3, 0.4) is 0 Å². The van der Waals surface area contributed by atoms with Crippen LogP contribution in [-0.2, 0) is 0 Å². The Hall–Kier alpha value is -1.10. The lowest BCUT2D eigenvalue weighted by molar-refractivity contribution is 0.186. The van der Waals surface area contributed by atoms with Crippen LogP contribution in [0.2, 0.25) is 0 Å². The molecule has 0 aromatic carbocycles. The van der Waals surface area contributed by atoms with Crippen LogP contribution >= 0.6 is 15.9 Å². The summed E-state index contributed by atoms with van der Waals surface area (Å²) in [4.78, 5) is 17.9. The molecule has 4 nitrogen and oxygen atoms in total. The van der Waals surface area contributed by atoms with Crippen LogP contribution in [0.5, 0.6) is 0 Å². The standard InChI is InChI=1S/C12H16BrN3O/c1-9-4-6-16(7-5-9)12(17)15-11-3-2-10(13)8-14-11/h2-3,8-9H,4-7H2,1H3,(H,14,15,17). The molecule has 0 unspecified atom stereocenters. The summed E-state index contributed by atoms with van der Waals surface area (Å²) in [6.07, 6.45) is 3.84. The lowest BCUT2D eigenvalue weighted by Gasteiger charge is -2.30. The Labute approximate surface area is 110 Å². The minimum Gasteiger partial charge on any atom is -0.324 e. The van der Waals surface area contributed by atoms with Gasteiger partial charge in [0.15, 0.2) is 0 Å². The maximum Gasteiger partial charge on any atom is 0.323 e. The normalized spacial score (nSPS) is 16.9. The summed E-state index contributed by atoms with van der Waals surface area (Å²) in [7, 11) is 0. The summed E-state index contributed by atoms with van der Waals surface area (Å²) < 4.78 is 0.905. The molecule has 0 radical (unpaired) electrons. The fourth-order valence-electron chi connectivity index (χ4n) is 1.85. The Balaban J connectivity index is 1.90. The molecule has 0 spiro atoms. The lowest BCUT2D eigenvalue weighted by atomic mass is 10.00. The molecule has 0 saturated carbocycles. The predicted octanol–water partition coefficient (Wildman–Crippen LogP) is 3.11. The number of aromatic nitrogens is 1. The summed E-state index contributed by atoms with van der Waals surface area (Å²) in [5.74, 6) is 1.32. The van der Waals surface area contributed by atoms with Crippen LogP contribution in [0.15, 0.2) is 22.8 Å². The lowest BCUT2D eigenvalue weighted by Crippen LogP contribution is -2.40. The van der Waals surface area contributed by atoms with Crippen LogP contribution < -0.4 is 5.32 Å². The van der Waals surface area contributed by atoms with E-state index in [1.165, 1.54) is 0 Å². The first-order chi connectivity index (χ1) is 8.15. The van der Waals surface area contributed by atoms with Crippen molar-refractivity contribution in [2.24, 2.45) is 5.92 Å². The average Bonchev–Trinajstić information content (AvgIpc) is 2.33. The van der Waals surface area contributed by atoms with Crippen LogP contribution in [0.4, 0.5) is 10.6 Å². The second kappa shape index (κ2) is 5.49. The molecule has 1 aromatic rings. The predicted molar refractivity (Wildman–Crippen MR) is 70.9 cm³/mol. The quantitative estimate of drug-likeness (QED) is 0.866. The number of piperidine rings is 1. The second-order valence-corrected chi connectivity index (χ2v) is 5.38. The molecule has 1 fully saturated rings. The third-order valence-corrected chi connectivity index (χ3v) is 3.50. The van der Waals surface area contributed by atoms with E-state index in [0.29, 0.717) is 5.82 Å². The minimum atomic E-state index is -0.0493. The maximum atomic E-state index is 11.9. The molecule has 1 aliphatic rings. The monoisotopic (exact) mass is 297 g/mol. The van der Waals surface area contributed by atoms with Gasteiger partial charge >= 0.3 is 6.03 Å². The molecule has 1 aromatic heterocycles.